The zero-order valence-electron chi connectivity index (χ0n) is 15.1. The molecular formula is C16H21ClF3N5O. The Hall–Kier alpha value is -2.03. The lowest BCUT2D eigenvalue weighted by atomic mass is 10.1. The average Bonchev–Trinajstić information content (AvgIpc) is 3.07. The number of aryl methyl sites for hydroxylation is 1. The first-order chi connectivity index (χ1) is 12.0. The molecule has 1 N–H and O–H groups in total. The van der Waals surface area contributed by atoms with Crippen LogP contribution in [0.3, 0.4) is 0 Å². The summed E-state index contributed by atoms with van der Waals surface area (Å²) < 4.78 is 41.6. The van der Waals surface area contributed by atoms with Crippen molar-refractivity contribution in [3.63, 3.8) is 0 Å². The highest BCUT2D eigenvalue weighted by atomic mass is 35.5. The van der Waals surface area contributed by atoms with Gasteiger partial charge in [0.05, 0.1) is 23.0 Å². The molecule has 0 fully saturated rings. The summed E-state index contributed by atoms with van der Waals surface area (Å²) in [5, 5.41) is 10.0. The van der Waals surface area contributed by atoms with Gasteiger partial charge in [-0.05, 0) is 34.6 Å². The first-order valence-electron chi connectivity index (χ1n) is 8.13. The van der Waals surface area contributed by atoms with Gasteiger partial charge in [-0.15, -0.1) is 0 Å². The van der Waals surface area contributed by atoms with Crippen LogP contribution in [0.15, 0.2) is 6.20 Å². The normalized spacial score (nSPS) is 14.3. The number of halogens is 4. The van der Waals surface area contributed by atoms with Crippen LogP contribution in [0.25, 0.3) is 0 Å². The van der Waals surface area contributed by atoms with E-state index in [1.54, 1.807) is 17.8 Å². The fourth-order valence-corrected chi connectivity index (χ4v) is 3.02. The summed E-state index contributed by atoms with van der Waals surface area (Å²) in [6, 6.07) is -1.30. The molecule has 144 valence electrons. The average molecular weight is 392 g/mol. The monoisotopic (exact) mass is 391 g/mol. The summed E-state index contributed by atoms with van der Waals surface area (Å²) in [4.78, 5) is 12.5. The minimum Gasteiger partial charge on any atom is -0.348 e. The SMILES string of the molecule is CCn1ncc(C(C)NC(=O)C(C)n2nc(C(F)(F)F)c(Cl)c2C)c1C. The van der Waals surface area contributed by atoms with E-state index < -0.39 is 28.8 Å². The summed E-state index contributed by atoms with van der Waals surface area (Å²) in [7, 11) is 0. The van der Waals surface area contributed by atoms with E-state index in [1.165, 1.54) is 13.8 Å². The Morgan fingerprint density at radius 1 is 1.31 bits per heavy atom. The van der Waals surface area contributed by atoms with Crippen molar-refractivity contribution < 1.29 is 18.0 Å². The Balaban J connectivity index is 2.21. The molecule has 2 rings (SSSR count). The number of amides is 1. The summed E-state index contributed by atoms with van der Waals surface area (Å²) in [6.07, 6.45) is -3.01. The van der Waals surface area contributed by atoms with Crippen molar-refractivity contribution in [1.82, 2.24) is 24.9 Å². The number of hydrogen-bond donors (Lipinski definition) is 1. The van der Waals surface area contributed by atoms with Gasteiger partial charge >= 0.3 is 6.18 Å². The third-order valence-electron chi connectivity index (χ3n) is 4.36. The fraction of sp³-hybridized carbons (Fsp3) is 0.562. The molecule has 0 aliphatic carbocycles. The van der Waals surface area contributed by atoms with Crippen LogP contribution in [-0.2, 0) is 17.5 Å². The van der Waals surface area contributed by atoms with E-state index in [4.69, 9.17) is 11.6 Å². The summed E-state index contributed by atoms with van der Waals surface area (Å²) >= 11 is 5.74. The Morgan fingerprint density at radius 3 is 2.38 bits per heavy atom. The van der Waals surface area contributed by atoms with Gasteiger partial charge in [0.25, 0.3) is 0 Å². The molecule has 2 atom stereocenters. The van der Waals surface area contributed by atoms with Crippen LogP contribution in [0.5, 0.6) is 0 Å². The Bertz CT molecular complexity index is 812. The van der Waals surface area contributed by atoms with Crippen LogP contribution in [0, 0.1) is 13.8 Å². The number of nitrogens with one attached hydrogen (secondary N) is 1. The molecular weight excluding hydrogens is 371 g/mol. The maximum Gasteiger partial charge on any atom is 0.436 e. The smallest absolute Gasteiger partial charge is 0.348 e. The standard InChI is InChI=1S/C16H21ClF3N5O/c1-6-24-9(3)12(7-21-24)8(2)22-15(26)11(5)25-10(4)13(17)14(23-25)16(18,19)20/h7-8,11H,6H2,1-5H3,(H,22,26). The minimum absolute atomic E-state index is 0.0873. The molecule has 0 aromatic carbocycles. The molecule has 0 aliphatic rings. The number of carbonyl (C=O) groups is 1. The summed E-state index contributed by atoms with van der Waals surface area (Å²) in [5.41, 5.74) is 0.665. The molecule has 0 saturated heterocycles. The zero-order chi connectivity index (χ0) is 19.8. The summed E-state index contributed by atoms with van der Waals surface area (Å²) in [6.45, 7) is 9.21. The largest absolute Gasteiger partial charge is 0.436 e. The van der Waals surface area contributed by atoms with Gasteiger partial charge in [0, 0.05) is 17.8 Å². The van der Waals surface area contributed by atoms with Crippen molar-refractivity contribution in [2.24, 2.45) is 0 Å². The lowest BCUT2D eigenvalue weighted by molar-refractivity contribution is -0.141. The molecule has 0 aliphatic heterocycles. The quantitative estimate of drug-likeness (QED) is 0.842. The van der Waals surface area contributed by atoms with E-state index in [1.807, 2.05) is 13.8 Å². The molecule has 0 radical (unpaired) electrons. The van der Waals surface area contributed by atoms with Crippen molar-refractivity contribution in [2.75, 3.05) is 0 Å². The molecule has 2 aromatic rings. The fourth-order valence-electron chi connectivity index (χ4n) is 2.78. The molecule has 2 unspecified atom stereocenters. The Kier molecular flexibility index (Phi) is 5.70. The molecule has 2 aromatic heterocycles. The van der Waals surface area contributed by atoms with Crippen LogP contribution in [-0.4, -0.2) is 25.5 Å². The molecule has 0 bridgehead atoms. The molecule has 2 heterocycles. The van der Waals surface area contributed by atoms with Gasteiger partial charge in [0.1, 0.15) is 6.04 Å². The highest BCUT2D eigenvalue weighted by molar-refractivity contribution is 6.32. The molecule has 6 nitrogen and oxygen atoms in total. The lowest BCUT2D eigenvalue weighted by Gasteiger charge is -2.19. The van der Waals surface area contributed by atoms with Crippen LogP contribution >= 0.6 is 11.6 Å². The van der Waals surface area contributed by atoms with E-state index in [0.717, 1.165) is 15.9 Å². The van der Waals surface area contributed by atoms with E-state index in [2.05, 4.69) is 15.5 Å². The number of hydrogen-bond acceptors (Lipinski definition) is 3. The molecule has 0 spiro atoms. The third kappa shape index (κ3) is 3.72. The van der Waals surface area contributed by atoms with E-state index in [0.29, 0.717) is 6.54 Å². The van der Waals surface area contributed by atoms with Gasteiger partial charge in [-0.2, -0.15) is 23.4 Å². The van der Waals surface area contributed by atoms with Gasteiger partial charge < -0.3 is 5.32 Å². The van der Waals surface area contributed by atoms with Gasteiger partial charge in [-0.25, -0.2) is 0 Å². The Labute approximate surface area is 154 Å². The second kappa shape index (κ2) is 7.30. The van der Waals surface area contributed by atoms with Gasteiger partial charge in [-0.3, -0.25) is 14.2 Å². The number of rotatable bonds is 5. The van der Waals surface area contributed by atoms with Gasteiger partial charge in [0.15, 0.2) is 5.69 Å². The second-order valence-corrected chi connectivity index (χ2v) is 6.48. The topological polar surface area (TPSA) is 64.7 Å². The van der Waals surface area contributed by atoms with Crippen LogP contribution in [0.1, 0.15) is 55.5 Å². The van der Waals surface area contributed by atoms with Gasteiger partial charge in [0.2, 0.25) is 5.91 Å². The first-order valence-corrected chi connectivity index (χ1v) is 8.51. The number of nitrogens with zero attached hydrogens (tertiary/aromatic N) is 4. The number of alkyl halides is 3. The van der Waals surface area contributed by atoms with Crippen molar-refractivity contribution in [3.05, 3.63) is 33.9 Å². The van der Waals surface area contributed by atoms with Crippen LogP contribution in [0.2, 0.25) is 5.02 Å². The molecule has 0 saturated carbocycles. The van der Waals surface area contributed by atoms with Crippen molar-refractivity contribution in [1.29, 1.82) is 0 Å². The predicted octanol–water partition coefficient (Wildman–Crippen LogP) is 3.83. The lowest BCUT2D eigenvalue weighted by Crippen LogP contribution is -2.34. The highest BCUT2D eigenvalue weighted by Crippen LogP contribution is 2.36. The second-order valence-electron chi connectivity index (χ2n) is 6.10. The molecule has 26 heavy (non-hydrogen) atoms. The maximum absolute atomic E-state index is 12.9. The maximum atomic E-state index is 12.9. The predicted molar refractivity (Wildman–Crippen MR) is 90.9 cm³/mol. The summed E-state index contributed by atoms with van der Waals surface area (Å²) in [5.74, 6) is -0.461. The minimum atomic E-state index is -4.68. The van der Waals surface area contributed by atoms with Gasteiger partial charge in [-0.1, -0.05) is 11.6 Å². The van der Waals surface area contributed by atoms with E-state index >= 15 is 0 Å². The number of aromatic nitrogens is 4. The highest BCUT2D eigenvalue weighted by Gasteiger charge is 2.39. The van der Waals surface area contributed by atoms with Crippen molar-refractivity contribution >= 4 is 17.5 Å². The van der Waals surface area contributed by atoms with E-state index in [9.17, 15) is 18.0 Å². The van der Waals surface area contributed by atoms with E-state index in [-0.39, 0.29) is 11.7 Å². The van der Waals surface area contributed by atoms with Crippen molar-refractivity contribution in [2.45, 2.75) is 59.4 Å². The molecule has 10 heteroatoms. The Morgan fingerprint density at radius 2 is 1.92 bits per heavy atom. The van der Waals surface area contributed by atoms with Crippen LogP contribution < -0.4 is 5.32 Å². The third-order valence-corrected chi connectivity index (χ3v) is 4.81. The number of carbonyl (C=O) groups excluding carboxylic acids is 1. The van der Waals surface area contributed by atoms with Crippen LogP contribution in [0.4, 0.5) is 13.2 Å². The first kappa shape index (κ1) is 20.3. The zero-order valence-corrected chi connectivity index (χ0v) is 15.9. The van der Waals surface area contributed by atoms with Crippen molar-refractivity contribution in [3.8, 4) is 0 Å². The molecule has 1 amide bonds.